The molecule has 8 heteroatoms. The van der Waals surface area contributed by atoms with Crippen LogP contribution in [0.4, 0.5) is 27.8 Å². The molecule has 152 valence electrons. The van der Waals surface area contributed by atoms with E-state index in [2.05, 4.69) is 4.98 Å². The van der Waals surface area contributed by atoms with Crippen molar-refractivity contribution in [3.05, 3.63) is 81.8 Å². The topological polar surface area (TPSA) is 62.7 Å². The van der Waals surface area contributed by atoms with Crippen molar-refractivity contribution in [1.82, 2.24) is 4.98 Å². The molecule has 1 atom stereocenters. The van der Waals surface area contributed by atoms with Gasteiger partial charge in [-0.15, -0.1) is 0 Å². The summed E-state index contributed by atoms with van der Waals surface area (Å²) in [5, 5.41) is 9.54. The van der Waals surface area contributed by atoms with Crippen molar-refractivity contribution in [3.63, 3.8) is 0 Å². The number of nitrogens with two attached hydrogens (primary N) is 1. The Bertz CT molecular complexity index is 1170. The van der Waals surface area contributed by atoms with E-state index in [-0.39, 0.29) is 29.3 Å². The molecule has 2 N–H and O–H groups in total. The highest BCUT2D eigenvalue weighted by molar-refractivity contribution is 5.80. The number of nitrogens with zero attached hydrogens (tertiary/aromatic N) is 2. The van der Waals surface area contributed by atoms with Crippen LogP contribution in [-0.4, -0.2) is 4.98 Å². The zero-order valence-corrected chi connectivity index (χ0v) is 15.4. The number of benzene rings is 2. The average Bonchev–Trinajstić information content (AvgIpc) is 2.76. The number of hydrogen-bond donors (Lipinski definition) is 1. The van der Waals surface area contributed by atoms with Gasteiger partial charge in [0.2, 0.25) is 5.82 Å². The smallest absolute Gasteiger partial charge is 0.200 e. The van der Waals surface area contributed by atoms with Crippen molar-refractivity contribution >= 4 is 5.82 Å². The van der Waals surface area contributed by atoms with Crippen molar-refractivity contribution in [3.8, 4) is 17.2 Å². The Kier molecular flexibility index (Phi) is 4.90. The minimum atomic E-state index is -2.26. The maximum Gasteiger partial charge on any atom is 0.200 e. The molecule has 1 unspecified atom stereocenters. The fraction of sp³-hybridized carbons (Fsp3) is 0.182. The van der Waals surface area contributed by atoms with Gasteiger partial charge in [0.15, 0.2) is 23.3 Å². The zero-order chi connectivity index (χ0) is 21.6. The van der Waals surface area contributed by atoms with E-state index in [0.717, 1.165) is 5.56 Å². The monoisotopic (exact) mass is 415 g/mol. The first-order valence-corrected chi connectivity index (χ1v) is 9.13. The lowest BCUT2D eigenvalue weighted by Crippen LogP contribution is -2.19. The molecule has 0 saturated heterocycles. The van der Waals surface area contributed by atoms with Gasteiger partial charge in [-0.2, -0.15) is 5.26 Å². The van der Waals surface area contributed by atoms with Crippen LogP contribution in [0, 0.1) is 40.4 Å². The number of nitriles is 1. The Balaban J connectivity index is 2.01. The second-order valence-electron chi connectivity index (χ2n) is 7.08. The standard InChI is InChI=1S/C22H14F5N3/c23-17-16(18(24)20(26)21(27)19(17)25)15-12-8-11(10-4-2-1-3-5-10)6-7-14(12)30-22(29)13(15)9-28/h1-5,11H,6-8H2,(H2,29,30). The van der Waals surface area contributed by atoms with Crippen LogP contribution < -0.4 is 5.73 Å². The summed E-state index contributed by atoms with van der Waals surface area (Å²) in [6.45, 7) is 0. The largest absolute Gasteiger partial charge is 0.383 e. The van der Waals surface area contributed by atoms with Crippen LogP contribution in [0.3, 0.4) is 0 Å². The maximum atomic E-state index is 14.6. The van der Waals surface area contributed by atoms with Gasteiger partial charge in [-0.3, -0.25) is 0 Å². The Hall–Kier alpha value is -3.47. The zero-order valence-electron chi connectivity index (χ0n) is 15.4. The molecule has 1 aromatic heterocycles. The first-order chi connectivity index (χ1) is 14.3. The van der Waals surface area contributed by atoms with Crippen LogP contribution in [0.25, 0.3) is 11.1 Å². The van der Waals surface area contributed by atoms with Crippen LogP contribution in [0.5, 0.6) is 0 Å². The number of fused-ring (bicyclic) bond motifs is 1. The molecular formula is C22H14F5N3. The highest BCUT2D eigenvalue weighted by Crippen LogP contribution is 2.43. The Morgan fingerprint density at radius 3 is 2.10 bits per heavy atom. The highest BCUT2D eigenvalue weighted by Gasteiger charge is 2.33. The number of rotatable bonds is 2. The molecular weight excluding hydrogens is 401 g/mol. The summed E-state index contributed by atoms with van der Waals surface area (Å²) >= 11 is 0. The van der Waals surface area contributed by atoms with E-state index in [1.807, 2.05) is 30.3 Å². The number of nitrogen functional groups attached to an aromatic ring is 1. The predicted molar refractivity (Wildman–Crippen MR) is 99.8 cm³/mol. The SMILES string of the molecule is N#Cc1c(N)nc2c(c1-c1c(F)c(F)c(F)c(F)c1F)CC(c1ccccc1)CC2. The fourth-order valence-electron chi connectivity index (χ4n) is 4.00. The van der Waals surface area contributed by atoms with E-state index in [1.165, 1.54) is 0 Å². The second-order valence-corrected chi connectivity index (χ2v) is 7.08. The third-order valence-electron chi connectivity index (χ3n) is 5.43. The second kappa shape index (κ2) is 7.41. The predicted octanol–water partition coefficient (Wildman–Crippen LogP) is 5.17. The van der Waals surface area contributed by atoms with Crippen molar-refractivity contribution in [2.75, 3.05) is 5.73 Å². The first-order valence-electron chi connectivity index (χ1n) is 9.13. The summed E-state index contributed by atoms with van der Waals surface area (Å²) in [5.74, 6) is -10.8. The van der Waals surface area contributed by atoms with Crippen molar-refractivity contribution < 1.29 is 22.0 Å². The quantitative estimate of drug-likeness (QED) is 0.357. The van der Waals surface area contributed by atoms with Gasteiger partial charge < -0.3 is 5.73 Å². The first kappa shape index (κ1) is 19.8. The van der Waals surface area contributed by atoms with Gasteiger partial charge >= 0.3 is 0 Å². The summed E-state index contributed by atoms with van der Waals surface area (Å²) < 4.78 is 70.7. The van der Waals surface area contributed by atoms with Crippen LogP contribution >= 0.6 is 0 Å². The molecule has 0 saturated carbocycles. The van der Waals surface area contributed by atoms with Gasteiger partial charge in [-0.25, -0.2) is 26.9 Å². The minimum Gasteiger partial charge on any atom is -0.383 e. The van der Waals surface area contributed by atoms with E-state index in [4.69, 9.17) is 5.73 Å². The van der Waals surface area contributed by atoms with Crippen LogP contribution in [0.15, 0.2) is 30.3 Å². The summed E-state index contributed by atoms with van der Waals surface area (Å²) in [7, 11) is 0. The molecule has 0 fully saturated rings. The van der Waals surface area contributed by atoms with Crippen molar-refractivity contribution in [2.45, 2.75) is 25.2 Å². The number of hydrogen-bond acceptors (Lipinski definition) is 3. The van der Waals surface area contributed by atoms with Crippen LogP contribution in [0.2, 0.25) is 0 Å². The molecule has 2 aromatic carbocycles. The molecule has 0 bridgehead atoms. The van der Waals surface area contributed by atoms with Crippen LogP contribution in [0.1, 0.15) is 34.7 Å². The summed E-state index contributed by atoms with van der Waals surface area (Å²) in [5.41, 5.74) is 5.48. The third-order valence-corrected chi connectivity index (χ3v) is 5.43. The molecule has 4 rings (SSSR count). The Morgan fingerprint density at radius 1 is 0.900 bits per heavy atom. The molecule has 30 heavy (non-hydrogen) atoms. The van der Waals surface area contributed by atoms with E-state index in [0.29, 0.717) is 18.5 Å². The molecule has 1 aliphatic carbocycles. The van der Waals surface area contributed by atoms with Gasteiger partial charge in [-0.05, 0) is 36.3 Å². The summed E-state index contributed by atoms with van der Waals surface area (Å²) in [6.07, 6.45) is 1.26. The number of anilines is 1. The molecule has 0 spiro atoms. The van der Waals surface area contributed by atoms with Crippen molar-refractivity contribution in [2.24, 2.45) is 0 Å². The van der Waals surface area contributed by atoms with Gasteiger partial charge in [0.05, 0.1) is 5.56 Å². The minimum absolute atomic E-state index is 0.0734. The van der Waals surface area contributed by atoms with E-state index >= 15 is 0 Å². The maximum absolute atomic E-state index is 14.6. The highest BCUT2D eigenvalue weighted by atomic mass is 19.2. The average molecular weight is 415 g/mol. The number of pyridine rings is 1. The summed E-state index contributed by atoms with van der Waals surface area (Å²) in [6, 6.07) is 11.0. The lowest BCUT2D eigenvalue weighted by molar-refractivity contribution is 0.381. The van der Waals surface area contributed by atoms with E-state index in [9.17, 15) is 27.2 Å². The Labute approximate surface area is 168 Å². The molecule has 0 radical (unpaired) electrons. The van der Waals surface area contributed by atoms with Gasteiger partial charge in [0.25, 0.3) is 0 Å². The number of aryl methyl sites for hydroxylation is 1. The van der Waals surface area contributed by atoms with E-state index in [1.54, 1.807) is 6.07 Å². The van der Waals surface area contributed by atoms with Gasteiger partial charge in [0.1, 0.15) is 17.5 Å². The number of halogens is 5. The Morgan fingerprint density at radius 2 is 1.50 bits per heavy atom. The van der Waals surface area contributed by atoms with Crippen LogP contribution in [-0.2, 0) is 12.8 Å². The lowest BCUT2D eigenvalue weighted by atomic mass is 9.78. The van der Waals surface area contributed by atoms with Crippen molar-refractivity contribution in [1.29, 1.82) is 5.26 Å². The van der Waals surface area contributed by atoms with Gasteiger partial charge in [-0.1, -0.05) is 30.3 Å². The van der Waals surface area contributed by atoms with Gasteiger partial charge in [0, 0.05) is 11.3 Å². The molecule has 0 aliphatic heterocycles. The fourth-order valence-corrected chi connectivity index (χ4v) is 4.00. The lowest BCUT2D eigenvalue weighted by Gasteiger charge is -2.28. The molecule has 0 amide bonds. The normalized spacial score (nSPS) is 15.5. The third kappa shape index (κ3) is 2.98. The van der Waals surface area contributed by atoms with E-state index < -0.39 is 40.2 Å². The molecule has 3 nitrogen and oxygen atoms in total. The number of aromatic nitrogens is 1. The molecule has 1 aliphatic rings. The molecule has 3 aromatic rings. The summed E-state index contributed by atoms with van der Waals surface area (Å²) in [4.78, 5) is 4.17. The molecule has 1 heterocycles.